The Kier molecular flexibility index (Phi) is 7.85. The zero-order valence-corrected chi connectivity index (χ0v) is 21.9. The predicted octanol–water partition coefficient (Wildman–Crippen LogP) is 1.72. The summed E-state index contributed by atoms with van der Waals surface area (Å²) in [6, 6.07) is 18.5. The molecule has 2 aromatic carbocycles. The van der Waals surface area contributed by atoms with Crippen molar-refractivity contribution in [2.45, 2.75) is 50.4 Å². The van der Waals surface area contributed by atoms with Gasteiger partial charge in [0, 0.05) is 19.3 Å². The number of hydrogen-bond donors (Lipinski definition) is 2. The van der Waals surface area contributed by atoms with Gasteiger partial charge in [0.2, 0.25) is 11.8 Å². The summed E-state index contributed by atoms with van der Waals surface area (Å²) in [5.74, 6) is -0.721. The van der Waals surface area contributed by atoms with Crippen LogP contribution in [0.3, 0.4) is 0 Å². The largest absolute Gasteiger partial charge is 0.374 e. The van der Waals surface area contributed by atoms with Crippen molar-refractivity contribution in [2.75, 3.05) is 38.3 Å². The van der Waals surface area contributed by atoms with Gasteiger partial charge in [0.1, 0.15) is 11.6 Å². The molecule has 2 aromatic rings. The molecule has 0 bridgehead atoms. The molecule has 3 N–H and O–H groups in total. The fourth-order valence-corrected chi connectivity index (χ4v) is 5.05. The first kappa shape index (κ1) is 26.6. The normalized spacial score (nSPS) is 20.9. The number of likely N-dealkylation sites (tertiary alicyclic amines) is 1. The fourth-order valence-electron chi connectivity index (χ4n) is 5.05. The number of carbonyl (C=O) groups excluding carboxylic acids is 3. The van der Waals surface area contributed by atoms with Gasteiger partial charge in [-0.2, -0.15) is 0 Å². The SMILES string of the molecule is CN1CN(c2ccccc2)C2(CCCN(C(=O)[C@@H](COCc3ccccc3)NC(=O)C(C)(C)N)C2)C1=O. The van der Waals surface area contributed by atoms with E-state index in [9.17, 15) is 14.4 Å². The highest BCUT2D eigenvalue weighted by atomic mass is 16.5. The van der Waals surface area contributed by atoms with E-state index in [0.717, 1.165) is 11.3 Å². The molecule has 0 saturated carbocycles. The van der Waals surface area contributed by atoms with Crippen LogP contribution in [0.15, 0.2) is 60.7 Å². The highest BCUT2D eigenvalue weighted by Crippen LogP contribution is 2.38. The summed E-state index contributed by atoms with van der Waals surface area (Å²) >= 11 is 0. The summed E-state index contributed by atoms with van der Waals surface area (Å²) in [5, 5.41) is 2.79. The Morgan fingerprint density at radius 1 is 1.11 bits per heavy atom. The molecule has 198 valence electrons. The van der Waals surface area contributed by atoms with E-state index in [4.69, 9.17) is 10.5 Å². The molecule has 37 heavy (non-hydrogen) atoms. The molecule has 1 unspecified atom stereocenters. The third-order valence-electron chi connectivity index (χ3n) is 7.05. The molecule has 0 aliphatic carbocycles. The minimum absolute atomic E-state index is 0.00198. The Hall–Kier alpha value is -3.43. The maximum absolute atomic E-state index is 13.8. The first-order valence-corrected chi connectivity index (χ1v) is 12.7. The van der Waals surface area contributed by atoms with E-state index in [1.807, 2.05) is 60.7 Å². The monoisotopic (exact) mass is 507 g/mol. The lowest BCUT2D eigenvalue weighted by Crippen LogP contribution is -2.64. The van der Waals surface area contributed by atoms with Crippen LogP contribution in [0.2, 0.25) is 0 Å². The van der Waals surface area contributed by atoms with Crippen molar-refractivity contribution in [1.29, 1.82) is 0 Å². The Labute approximate surface area is 218 Å². The number of nitrogens with one attached hydrogen (secondary N) is 1. The zero-order chi connectivity index (χ0) is 26.6. The van der Waals surface area contributed by atoms with Gasteiger partial charge in [-0.15, -0.1) is 0 Å². The molecule has 2 aliphatic rings. The molecule has 2 heterocycles. The molecule has 0 aromatic heterocycles. The topological polar surface area (TPSA) is 108 Å². The molecule has 9 heteroatoms. The number of hydrogen-bond acceptors (Lipinski definition) is 6. The van der Waals surface area contributed by atoms with Gasteiger partial charge in [0.25, 0.3) is 5.91 Å². The number of rotatable bonds is 8. The molecule has 1 spiro atoms. The number of benzene rings is 2. The minimum Gasteiger partial charge on any atom is -0.374 e. The number of nitrogens with zero attached hydrogens (tertiary/aromatic N) is 3. The summed E-state index contributed by atoms with van der Waals surface area (Å²) in [6.07, 6.45) is 1.31. The summed E-state index contributed by atoms with van der Waals surface area (Å²) in [6.45, 7) is 4.67. The van der Waals surface area contributed by atoms with Gasteiger partial charge in [-0.3, -0.25) is 14.4 Å². The first-order chi connectivity index (χ1) is 17.6. The number of anilines is 1. The van der Waals surface area contributed by atoms with Crippen LogP contribution in [0.25, 0.3) is 0 Å². The maximum atomic E-state index is 13.8. The van der Waals surface area contributed by atoms with Crippen molar-refractivity contribution < 1.29 is 19.1 Å². The molecule has 2 atom stereocenters. The lowest BCUT2D eigenvalue weighted by molar-refractivity contribution is -0.143. The van der Waals surface area contributed by atoms with Crippen LogP contribution in [0, 0.1) is 0 Å². The summed E-state index contributed by atoms with van der Waals surface area (Å²) < 4.78 is 5.86. The molecule has 4 rings (SSSR count). The van der Waals surface area contributed by atoms with Gasteiger partial charge in [-0.25, -0.2) is 0 Å². The van der Waals surface area contributed by atoms with Crippen LogP contribution in [0.4, 0.5) is 5.69 Å². The van der Waals surface area contributed by atoms with E-state index in [2.05, 4.69) is 10.2 Å². The minimum atomic E-state index is -1.16. The van der Waals surface area contributed by atoms with Crippen molar-refractivity contribution in [3.8, 4) is 0 Å². The summed E-state index contributed by atoms with van der Waals surface area (Å²) in [5.41, 5.74) is 5.90. The van der Waals surface area contributed by atoms with E-state index >= 15 is 0 Å². The number of piperidine rings is 1. The predicted molar refractivity (Wildman–Crippen MR) is 141 cm³/mol. The third kappa shape index (κ3) is 5.78. The van der Waals surface area contributed by atoms with Gasteiger partial charge in [0.15, 0.2) is 0 Å². The van der Waals surface area contributed by atoms with E-state index in [1.54, 1.807) is 30.7 Å². The number of para-hydroxylation sites is 1. The van der Waals surface area contributed by atoms with Gasteiger partial charge in [0.05, 0.1) is 32.0 Å². The number of ether oxygens (including phenoxy) is 1. The van der Waals surface area contributed by atoms with Gasteiger partial charge >= 0.3 is 0 Å². The van der Waals surface area contributed by atoms with E-state index in [1.165, 1.54) is 0 Å². The van der Waals surface area contributed by atoms with Crippen molar-refractivity contribution in [3.05, 3.63) is 66.2 Å². The van der Waals surface area contributed by atoms with Gasteiger partial charge in [-0.05, 0) is 44.4 Å². The van der Waals surface area contributed by atoms with E-state index < -0.39 is 23.0 Å². The Balaban J connectivity index is 1.54. The van der Waals surface area contributed by atoms with Crippen LogP contribution < -0.4 is 16.0 Å². The van der Waals surface area contributed by atoms with Gasteiger partial charge < -0.3 is 30.5 Å². The maximum Gasteiger partial charge on any atom is 0.251 e. The number of nitrogens with two attached hydrogens (primary N) is 1. The average Bonchev–Trinajstić information content (AvgIpc) is 3.13. The fraction of sp³-hybridized carbons (Fsp3) is 0.464. The zero-order valence-electron chi connectivity index (χ0n) is 21.9. The smallest absolute Gasteiger partial charge is 0.251 e. The van der Waals surface area contributed by atoms with Crippen LogP contribution >= 0.6 is 0 Å². The van der Waals surface area contributed by atoms with Crippen LogP contribution in [-0.2, 0) is 25.7 Å². The van der Waals surface area contributed by atoms with Crippen LogP contribution in [0.5, 0.6) is 0 Å². The number of carbonyl (C=O) groups is 3. The van der Waals surface area contributed by atoms with E-state index in [-0.39, 0.29) is 25.0 Å². The van der Waals surface area contributed by atoms with Crippen molar-refractivity contribution in [1.82, 2.24) is 15.1 Å². The lowest BCUT2D eigenvalue weighted by Gasteiger charge is -2.45. The number of likely N-dealkylation sites (N-methyl/N-ethyl adjacent to an activating group) is 1. The van der Waals surface area contributed by atoms with E-state index in [0.29, 0.717) is 32.7 Å². The Bertz CT molecular complexity index is 1100. The molecule has 0 radical (unpaired) electrons. The van der Waals surface area contributed by atoms with Gasteiger partial charge in [-0.1, -0.05) is 48.5 Å². The third-order valence-corrected chi connectivity index (χ3v) is 7.05. The second-order valence-electron chi connectivity index (χ2n) is 10.6. The second-order valence-corrected chi connectivity index (χ2v) is 10.6. The Morgan fingerprint density at radius 3 is 2.41 bits per heavy atom. The van der Waals surface area contributed by atoms with Crippen molar-refractivity contribution in [2.24, 2.45) is 5.73 Å². The lowest BCUT2D eigenvalue weighted by atomic mass is 9.86. The standard InChI is InChI=1S/C28H37N5O4/c1-27(2,29)25(35)30-23(18-37-17-21-11-6-4-7-12-21)24(34)32-16-10-15-28(19-32)26(36)31(3)20-33(28)22-13-8-5-9-14-22/h4-9,11-14,23H,10,15-20,29H2,1-3H3,(H,30,35)/t23-,28?/m1/s1. The molecular weight excluding hydrogens is 470 g/mol. The Morgan fingerprint density at radius 2 is 1.76 bits per heavy atom. The highest BCUT2D eigenvalue weighted by molar-refractivity contribution is 5.96. The molecule has 9 nitrogen and oxygen atoms in total. The first-order valence-electron chi connectivity index (χ1n) is 12.7. The van der Waals surface area contributed by atoms with Crippen molar-refractivity contribution >= 4 is 23.4 Å². The summed E-state index contributed by atoms with van der Waals surface area (Å²) in [7, 11) is 1.79. The second kappa shape index (κ2) is 10.9. The van der Waals surface area contributed by atoms with Crippen LogP contribution in [-0.4, -0.2) is 78.1 Å². The average molecular weight is 508 g/mol. The molecule has 2 saturated heterocycles. The molecule has 2 aliphatic heterocycles. The van der Waals surface area contributed by atoms with Crippen molar-refractivity contribution in [3.63, 3.8) is 0 Å². The number of amides is 3. The van der Waals surface area contributed by atoms with Crippen LogP contribution in [0.1, 0.15) is 32.3 Å². The summed E-state index contributed by atoms with van der Waals surface area (Å²) in [4.78, 5) is 45.5. The highest BCUT2D eigenvalue weighted by Gasteiger charge is 2.54. The molecule has 2 fully saturated rings. The molecular formula is C28H37N5O4. The quantitative estimate of drug-likeness (QED) is 0.563. The molecule has 3 amide bonds.